The molecule has 0 spiro atoms. The molecule has 6 heteroatoms. The molecule has 24 heavy (non-hydrogen) atoms. The first-order valence-corrected chi connectivity index (χ1v) is 8.74. The lowest BCUT2D eigenvalue weighted by Crippen LogP contribution is -2.12. The molecule has 0 aliphatic carbocycles. The molecule has 5 nitrogen and oxygen atoms in total. The van der Waals surface area contributed by atoms with Crippen LogP contribution < -0.4 is 5.32 Å². The monoisotopic (exact) mass is 341 g/mol. The summed E-state index contributed by atoms with van der Waals surface area (Å²) in [4.78, 5) is 17.4. The third-order valence-electron chi connectivity index (χ3n) is 3.88. The first-order valence-electron chi connectivity index (χ1n) is 7.86. The number of thiophene rings is 1. The molecule has 0 saturated carbocycles. The molecule has 0 atom stereocenters. The van der Waals surface area contributed by atoms with Gasteiger partial charge in [-0.25, -0.2) is 0 Å². The second-order valence-corrected chi connectivity index (χ2v) is 6.59. The lowest BCUT2D eigenvalue weighted by atomic mass is 10.1. The Morgan fingerprint density at radius 1 is 1.25 bits per heavy atom. The van der Waals surface area contributed by atoms with Crippen LogP contribution >= 0.6 is 11.3 Å². The van der Waals surface area contributed by atoms with Gasteiger partial charge in [-0.2, -0.15) is 4.98 Å². The second kappa shape index (κ2) is 7.40. The van der Waals surface area contributed by atoms with Gasteiger partial charge in [-0.1, -0.05) is 23.4 Å². The van der Waals surface area contributed by atoms with E-state index in [1.54, 1.807) is 11.3 Å². The van der Waals surface area contributed by atoms with E-state index in [1.165, 1.54) is 5.56 Å². The number of amides is 1. The number of aryl methyl sites for hydroxylation is 2. The molecule has 0 radical (unpaired) electrons. The van der Waals surface area contributed by atoms with Gasteiger partial charge in [0.05, 0.1) is 4.88 Å². The van der Waals surface area contributed by atoms with Gasteiger partial charge in [0, 0.05) is 18.5 Å². The van der Waals surface area contributed by atoms with E-state index in [0.717, 1.165) is 16.1 Å². The first-order chi connectivity index (χ1) is 11.6. The van der Waals surface area contributed by atoms with Crippen molar-refractivity contribution in [3.8, 4) is 10.7 Å². The van der Waals surface area contributed by atoms with Gasteiger partial charge >= 0.3 is 0 Å². The molecule has 0 aliphatic rings. The van der Waals surface area contributed by atoms with Gasteiger partial charge in [0.2, 0.25) is 17.6 Å². The van der Waals surface area contributed by atoms with Gasteiger partial charge in [-0.05, 0) is 48.9 Å². The number of hydrogen-bond acceptors (Lipinski definition) is 5. The number of benzene rings is 1. The van der Waals surface area contributed by atoms with Crippen LogP contribution in [-0.4, -0.2) is 16.0 Å². The highest BCUT2D eigenvalue weighted by Gasteiger charge is 2.11. The average Bonchev–Trinajstić information content (AvgIpc) is 3.23. The number of carbonyl (C=O) groups is 1. The molecule has 0 saturated heterocycles. The smallest absolute Gasteiger partial charge is 0.226 e. The Morgan fingerprint density at radius 3 is 2.92 bits per heavy atom. The Labute approximate surface area is 144 Å². The number of rotatable bonds is 6. The van der Waals surface area contributed by atoms with Gasteiger partial charge in [-0.3, -0.25) is 4.79 Å². The average molecular weight is 341 g/mol. The van der Waals surface area contributed by atoms with Crippen LogP contribution in [0.2, 0.25) is 0 Å². The summed E-state index contributed by atoms with van der Waals surface area (Å²) in [5, 5.41) is 8.91. The van der Waals surface area contributed by atoms with Crippen molar-refractivity contribution in [3.63, 3.8) is 0 Å². The zero-order valence-corrected chi connectivity index (χ0v) is 14.5. The van der Waals surface area contributed by atoms with Crippen molar-refractivity contribution in [1.29, 1.82) is 0 Å². The van der Waals surface area contributed by atoms with Crippen LogP contribution in [0.25, 0.3) is 10.7 Å². The summed E-state index contributed by atoms with van der Waals surface area (Å²) in [5.41, 5.74) is 3.14. The summed E-state index contributed by atoms with van der Waals surface area (Å²) in [5.74, 6) is 1.18. The zero-order chi connectivity index (χ0) is 16.9. The number of nitrogens with one attached hydrogen (secondary N) is 1. The maximum atomic E-state index is 12.1. The molecule has 0 aliphatic heterocycles. The largest absolute Gasteiger partial charge is 0.339 e. The highest BCUT2D eigenvalue weighted by Crippen LogP contribution is 2.22. The number of nitrogens with zero attached hydrogens (tertiary/aromatic N) is 2. The van der Waals surface area contributed by atoms with Crippen LogP contribution in [0.15, 0.2) is 40.2 Å². The van der Waals surface area contributed by atoms with E-state index in [-0.39, 0.29) is 5.91 Å². The van der Waals surface area contributed by atoms with Crippen LogP contribution in [0.3, 0.4) is 0 Å². The molecule has 0 unspecified atom stereocenters. The standard InChI is InChI=1S/C18H19N3O2S/c1-12-6-3-7-14(13(12)2)19-16(22)9-4-10-17-20-18(21-23-17)15-8-5-11-24-15/h3,5-8,11H,4,9-10H2,1-2H3,(H,19,22). The summed E-state index contributed by atoms with van der Waals surface area (Å²) in [6, 6.07) is 9.81. The van der Waals surface area contributed by atoms with Gasteiger partial charge in [-0.15, -0.1) is 11.3 Å². The zero-order valence-electron chi connectivity index (χ0n) is 13.7. The fourth-order valence-electron chi connectivity index (χ4n) is 2.36. The van der Waals surface area contributed by atoms with Crippen molar-refractivity contribution in [2.24, 2.45) is 0 Å². The summed E-state index contributed by atoms with van der Waals surface area (Å²) in [6.45, 7) is 4.04. The van der Waals surface area contributed by atoms with E-state index in [0.29, 0.717) is 31.0 Å². The second-order valence-electron chi connectivity index (χ2n) is 5.64. The molecular weight excluding hydrogens is 322 g/mol. The Kier molecular flexibility index (Phi) is 5.05. The molecule has 3 aromatic rings. The van der Waals surface area contributed by atoms with Crippen molar-refractivity contribution in [1.82, 2.24) is 10.1 Å². The van der Waals surface area contributed by atoms with E-state index in [4.69, 9.17) is 4.52 Å². The third-order valence-corrected chi connectivity index (χ3v) is 4.75. The summed E-state index contributed by atoms with van der Waals surface area (Å²) >= 11 is 1.57. The van der Waals surface area contributed by atoms with Crippen LogP contribution in [-0.2, 0) is 11.2 Å². The van der Waals surface area contributed by atoms with Gasteiger partial charge in [0.1, 0.15) is 0 Å². The van der Waals surface area contributed by atoms with Crippen LogP contribution in [0.4, 0.5) is 5.69 Å². The van der Waals surface area contributed by atoms with Crippen molar-refractivity contribution in [3.05, 3.63) is 52.7 Å². The minimum atomic E-state index is 0.00157. The molecule has 1 amide bonds. The maximum absolute atomic E-state index is 12.1. The molecule has 124 valence electrons. The van der Waals surface area contributed by atoms with Crippen molar-refractivity contribution < 1.29 is 9.32 Å². The van der Waals surface area contributed by atoms with Crippen LogP contribution in [0, 0.1) is 13.8 Å². The molecule has 1 N–H and O–H groups in total. The predicted octanol–water partition coefficient (Wildman–Crippen LogP) is 4.38. The maximum Gasteiger partial charge on any atom is 0.226 e. The van der Waals surface area contributed by atoms with E-state index >= 15 is 0 Å². The van der Waals surface area contributed by atoms with Crippen LogP contribution in [0.5, 0.6) is 0 Å². The van der Waals surface area contributed by atoms with E-state index in [1.807, 2.05) is 49.6 Å². The molecule has 2 heterocycles. The van der Waals surface area contributed by atoms with Crippen LogP contribution in [0.1, 0.15) is 29.9 Å². The summed E-state index contributed by atoms with van der Waals surface area (Å²) in [7, 11) is 0. The minimum Gasteiger partial charge on any atom is -0.339 e. The quantitative estimate of drug-likeness (QED) is 0.722. The molecule has 0 bridgehead atoms. The predicted molar refractivity (Wildman–Crippen MR) is 95.1 cm³/mol. The molecular formula is C18H19N3O2S. The highest BCUT2D eigenvalue weighted by molar-refractivity contribution is 7.13. The van der Waals surface area contributed by atoms with Gasteiger partial charge < -0.3 is 9.84 Å². The SMILES string of the molecule is Cc1cccc(NC(=O)CCCc2nc(-c3cccs3)no2)c1C. The number of aromatic nitrogens is 2. The summed E-state index contributed by atoms with van der Waals surface area (Å²) in [6.07, 6.45) is 1.69. The van der Waals surface area contributed by atoms with E-state index in [2.05, 4.69) is 15.5 Å². The third kappa shape index (κ3) is 3.89. The molecule has 0 fully saturated rings. The molecule has 3 rings (SSSR count). The number of hydrogen-bond donors (Lipinski definition) is 1. The highest BCUT2D eigenvalue weighted by atomic mass is 32.1. The van der Waals surface area contributed by atoms with Gasteiger partial charge in [0.25, 0.3) is 0 Å². The van der Waals surface area contributed by atoms with Crippen molar-refractivity contribution in [2.45, 2.75) is 33.1 Å². The van der Waals surface area contributed by atoms with E-state index < -0.39 is 0 Å². The normalized spacial score (nSPS) is 10.8. The minimum absolute atomic E-state index is 0.00157. The fourth-order valence-corrected chi connectivity index (χ4v) is 3.01. The Morgan fingerprint density at radius 2 is 2.12 bits per heavy atom. The Balaban J connectivity index is 1.49. The summed E-state index contributed by atoms with van der Waals surface area (Å²) < 4.78 is 5.24. The Hall–Kier alpha value is -2.47. The van der Waals surface area contributed by atoms with E-state index in [9.17, 15) is 4.79 Å². The fraction of sp³-hybridized carbons (Fsp3) is 0.278. The Bertz CT molecular complexity index is 825. The lowest BCUT2D eigenvalue weighted by Gasteiger charge is -2.09. The first kappa shape index (κ1) is 16.4. The lowest BCUT2D eigenvalue weighted by molar-refractivity contribution is -0.116. The number of anilines is 1. The van der Waals surface area contributed by atoms with Gasteiger partial charge in [0.15, 0.2) is 0 Å². The molecule has 1 aromatic carbocycles. The van der Waals surface area contributed by atoms with Crippen molar-refractivity contribution >= 4 is 22.9 Å². The van der Waals surface area contributed by atoms with Crippen molar-refractivity contribution in [2.75, 3.05) is 5.32 Å². The molecule has 2 aromatic heterocycles. The topological polar surface area (TPSA) is 68.0 Å². The number of carbonyl (C=O) groups excluding carboxylic acids is 1.